The molecule has 0 bridgehead atoms. The summed E-state index contributed by atoms with van der Waals surface area (Å²) in [6.45, 7) is 5.73. The topological polar surface area (TPSA) is 50.9 Å². The van der Waals surface area contributed by atoms with Crippen molar-refractivity contribution in [2.75, 3.05) is 12.8 Å². The van der Waals surface area contributed by atoms with E-state index in [9.17, 15) is 0 Å². The predicted octanol–water partition coefficient (Wildman–Crippen LogP) is 1.75. The largest absolute Gasteiger partial charge is 0.397 e. The van der Waals surface area contributed by atoms with Gasteiger partial charge in [-0.3, -0.25) is 0 Å². The van der Waals surface area contributed by atoms with Gasteiger partial charge in [0.2, 0.25) is 0 Å². The van der Waals surface area contributed by atoms with Crippen molar-refractivity contribution in [3.05, 3.63) is 29.4 Å². The first-order chi connectivity index (χ1) is 6.13. The fourth-order valence-electron chi connectivity index (χ4n) is 0.793. The zero-order valence-corrected chi connectivity index (χ0v) is 8.61. The number of rotatable bonds is 3. The first-order valence-corrected chi connectivity index (χ1v) is 4.72. The number of aromatic nitrogens is 1. The van der Waals surface area contributed by atoms with Crippen molar-refractivity contribution in [2.45, 2.75) is 11.9 Å². The summed E-state index contributed by atoms with van der Waals surface area (Å²) >= 11 is 1.44. The van der Waals surface area contributed by atoms with E-state index in [-0.39, 0.29) is 0 Å². The van der Waals surface area contributed by atoms with Crippen LogP contribution in [0.3, 0.4) is 0 Å². The molecular formula is C9H13N3S. The molecule has 0 atom stereocenters. The maximum atomic E-state index is 5.74. The number of hydrogen-bond donors (Lipinski definition) is 2. The Bertz CT molecular complexity index is 323. The Hall–Kier alpha value is -1.16. The van der Waals surface area contributed by atoms with Crippen LogP contribution < -0.4 is 11.1 Å². The van der Waals surface area contributed by atoms with Crippen LogP contribution in [0.15, 0.2) is 28.8 Å². The molecule has 1 rings (SSSR count). The van der Waals surface area contributed by atoms with Gasteiger partial charge in [-0.05, 0) is 19.1 Å². The van der Waals surface area contributed by atoms with E-state index >= 15 is 0 Å². The first kappa shape index (κ1) is 9.92. The second-order valence-electron chi connectivity index (χ2n) is 2.62. The number of thioether (sulfide) groups is 1. The molecule has 0 saturated carbocycles. The van der Waals surface area contributed by atoms with Gasteiger partial charge in [-0.2, -0.15) is 0 Å². The summed E-state index contributed by atoms with van der Waals surface area (Å²) in [6, 6.07) is 3.75. The predicted molar refractivity (Wildman–Crippen MR) is 57.4 cm³/mol. The van der Waals surface area contributed by atoms with E-state index in [0.717, 1.165) is 15.7 Å². The number of aryl methyl sites for hydroxylation is 1. The second-order valence-corrected chi connectivity index (χ2v) is 3.71. The van der Waals surface area contributed by atoms with E-state index in [0.29, 0.717) is 5.69 Å². The van der Waals surface area contributed by atoms with Crippen molar-refractivity contribution in [1.29, 1.82) is 0 Å². The second kappa shape index (κ2) is 4.18. The average molecular weight is 195 g/mol. The number of nitrogens with zero attached hydrogens (tertiary/aromatic N) is 1. The van der Waals surface area contributed by atoms with Crippen LogP contribution in [-0.2, 0) is 0 Å². The van der Waals surface area contributed by atoms with Crippen molar-refractivity contribution in [3.8, 4) is 0 Å². The Balaban J connectivity index is 2.87. The van der Waals surface area contributed by atoms with Crippen LogP contribution in [0.5, 0.6) is 0 Å². The molecule has 4 heteroatoms. The zero-order chi connectivity index (χ0) is 9.84. The Morgan fingerprint density at radius 3 is 2.92 bits per heavy atom. The van der Waals surface area contributed by atoms with Gasteiger partial charge in [0, 0.05) is 12.7 Å². The van der Waals surface area contributed by atoms with Crippen LogP contribution in [0.2, 0.25) is 0 Å². The highest BCUT2D eigenvalue weighted by molar-refractivity contribution is 8.03. The average Bonchev–Trinajstić information content (AvgIpc) is 2.11. The van der Waals surface area contributed by atoms with Crippen molar-refractivity contribution < 1.29 is 0 Å². The molecule has 13 heavy (non-hydrogen) atoms. The number of nitrogens with two attached hydrogens (primary N) is 1. The third kappa shape index (κ3) is 2.66. The quantitative estimate of drug-likeness (QED) is 0.721. The Morgan fingerprint density at radius 1 is 1.62 bits per heavy atom. The summed E-state index contributed by atoms with van der Waals surface area (Å²) < 4.78 is 0. The van der Waals surface area contributed by atoms with Crippen molar-refractivity contribution >= 4 is 17.4 Å². The van der Waals surface area contributed by atoms with Crippen LogP contribution in [0.1, 0.15) is 5.69 Å². The van der Waals surface area contributed by atoms with Gasteiger partial charge in [0.05, 0.1) is 10.7 Å². The van der Waals surface area contributed by atoms with Gasteiger partial charge in [-0.1, -0.05) is 18.3 Å². The van der Waals surface area contributed by atoms with Crippen molar-refractivity contribution in [3.63, 3.8) is 0 Å². The summed E-state index contributed by atoms with van der Waals surface area (Å²) in [4.78, 5) is 4.30. The highest BCUT2D eigenvalue weighted by atomic mass is 32.2. The highest BCUT2D eigenvalue weighted by Crippen LogP contribution is 2.26. The minimum absolute atomic E-state index is 0.687. The van der Waals surface area contributed by atoms with E-state index in [1.807, 2.05) is 26.1 Å². The van der Waals surface area contributed by atoms with Crippen LogP contribution in [-0.4, -0.2) is 12.0 Å². The molecular weight excluding hydrogens is 182 g/mol. The maximum Gasteiger partial charge on any atom is 0.125 e. The molecule has 0 radical (unpaired) electrons. The van der Waals surface area contributed by atoms with E-state index in [1.165, 1.54) is 11.8 Å². The van der Waals surface area contributed by atoms with Gasteiger partial charge in [0.1, 0.15) is 5.03 Å². The molecule has 0 aliphatic heterocycles. The third-order valence-corrected chi connectivity index (χ3v) is 2.50. The zero-order valence-electron chi connectivity index (χ0n) is 7.79. The molecule has 0 amide bonds. The molecule has 3 nitrogen and oxygen atoms in total. The molecule has 1 aromatic rings. The number of nitrogen functional groups attached to an aromatic ring is 1. The SMILES string of the molecule is C=C(NC)Sc1nc(C)ccc1N. The monoisotopic (exact) mass is 195 g/mol. The Kier molecular flexibility index (Phi) is 3.19. The lowest BCUT2D eigenvalue weighted by molar-refractivity contribution is 1.05. The van der Waals surface area contributed by atoms with Crippen molar-refractivity contribution in [1.82, 2.24) is 10.3 Å². The summed E-state index contributed by atoms with van der Waals surface area (Å²) in [5, 5.41) is 4.58. The van der Waals surface area contributed by atoms with Crippen LogP contribution in [0.25, 0.3) is 0 Å². The molecule has 0 saturated heterocycles. The number of nitrogens with one attached hydrogen (secondary N) is 1. The molecule has 1 aromatic heterocycles. The molecule has 0 unspecified atom stereocenters. The number of anilines is 1. The van der Waals surface area contributed by atoms with E-state index in [2.05, 4.69) is 16.9 Å². The molecule has 0 fully saturated rings. The fourth-order valence-corrected chi connectivity index (χ4v) is 1.50. The normalized spacial score (nSPS) is 9.69. The minimum Gasteiger partial charge on any atom is -0.397 e. The van der Waals surface area contributed by atoms with Gasteiger partial charge in [-0.25, -0.2) is 4.98 Å². The molecule has 0 aliphatic rings. The van der Waals surface area contributed by atoms with Crippen LogP contribution in [0, 0.1) is 6.92 Å². The molecule has 1 heterocycles. The molecule has 0 aliphatic carbocycles. The third-order valence-electron chi connectivity index (χ3n) is 1.53. The number of pyridine rings is 1. The fraction of sp³-hybridized carbons (Fsp3) is 0.222. The van der Waals surface area contributed by atoms with Gasteiger partial charge in [0.15, 0.2) is 0 Å². The van der Waals surface area contributed by atoms with Gasteiger partial charge < -0.3 is 11.1 Å². The molecule has 0 spiro atoms. The maximum absolute atomic E-state index is 5.74. The first-order valence-electron chi connectivity index (χ1n) is 3.91. The van der Waals surface area contributed by atoms with Crippen molar-refractivity contribution in [2.24, 2.45) is 0 Å². The molecule has 70 valence electrons. The highest BCUT2D eigenvalue weighted by Gasteiger charge is 2.03. The lowest BCUT2D eigenvalue weighted by Crippen LogP contribution is -2.02. The van der Waals surface area contributed by atoms with Gasteiger partial charge in [-0.15, -0.1) is 0 Å². The van der Waals surface area contributed by atoms with Crippen LogP contribution >= 0.6 is 11.8 Å². The van der Waals surface area contributed by atoms with E-state index in [1.54, 1.807) is 0 Å². The Labute approximate surface area is 82.4 Å². The Morgan fingerprint density at radius 2 is 2.31 bits per heavy atom. The summed E-state index contributed by atoms with van der Waals surface area (Å²) in [6.07, 6.45) is 0. The smallest absolute Gasteiger partial charge is 0.125 e. The minimum atomic E-state index is 0.687. The molecule has 0 aromatic carbocycles. The van der Waals surface area contributed by atoms with Crippen LogP contribution in [0.4, 0.5) is 5.69 Å². The summed E-state index contributed by atoms with van der Waals surface area (Å²) in [5.74, 6) is 0. The van der Waals surface area contributed by atoms with E-state index < -0.39 is 0 Å². The summed E-state index contributed by atoms with van der Waals surface area (Å²) in [5.41, 5.74) is 7.39. The lowest BCUT2D eigenvalue weighted by Gasteiger charge is -2.06. The van der Waals surface area contributed by atoms with Gasteiger partial charge in [0.25, 0.3) is 0 Å². The standard InChI is InChI=1S/C9H13N3S/c1-6-4-5-8(10)9(12-6)13-7(2)11-3/h4-5,11H,2,10H2,1,3H3. The van der Waals surface area contributed by atoms with E-state index in [4.69, 9.17) is 5.73 Å². The number of hydrogen-bond acceptors (Lipinski definition) is 4. The lowest BCUT2D eigenvalue weighted by atomic mass is 10.3. The summed E-state index contributed by atoms with van der Waals surface area (Å²) in [7, 11) is 1.82. The molecule has 3 N–H and O–H groups in total. The van der Waals surface area contributed by atoms with Gasteiger partial charge >= 0.3 is 0 Å².